The van der Waals surface area contributed by atoms with E-state index in [1.807, 2.05) is 19.9 Å². The second kappa shape index (κ2) is 7.02. The number of carboxylic acids is 1. The minimum Gasteiger partial charge on any atom is -0.478 e. The molecule has 0 amide bonds. The highest BCUT2D eigenvalue weighted by Gasteiger charge is 2.28. The van der Waals surface area contributed by atoms with Crippen molar-refractivity contribution in [3.05, 3.63) is 63.2 Å². The number of aryl methyl sites for hydroxylation is 1. The topological polar surface area (TPSA) is 83.5 Å². The highest BCUT2D eigenvalue weighted by atomic mass is 35.5. The first-order valence-corrected chi connectivity index (χ1v) is 10.2. The highest BCUT2D eigenvalue weighted by molar-refractivity contribution is 7.89. The Kier molecular flexibility index (Phi) is 5.10. The first-order chi connectivity index (χ1) is 12.2. The lowest BCUT2D eigenvalue weighted by Crippen LogP contribution is -2.39. The molecule has 1 atom stereocenters. The second-order valence-corrected chi connectivity index (χ2v) is 8.80. The zero-order valence-corrected chi connectivity index (χ0v) is 16.1. The van der Waals surface area contributed by atoms with E-state index in [-0.39, 0.29) is 10.9 Å². The van der Waals surface area contributed by atoms with Crippen LogP contribution in [-0.4, -0.2) is 25.5 Å². The monoisotopic (exact) mass is 393 g/mol. The van der Waals surface area contributed by atoms with Crippen molar-refractivity contribution in [1.82, 2.24) is 4.72 Å². The average Bonchev–Trinajstić information content (AvgIpc) is 2.56. The smallest absolute Gasteiger partial charge is 0.336 e. The summed E-state index contributed by atoms with van der Waals surface area (Å²) in [6.45, 7) is 3.69. The Hall–Kier alpha value is -1.89. The lowest BCUT2D eigenvalue weighted by Gasteiger charge is -2.28. The van der Waals surface area contributed by atoms with Crippen LogP contribution in [0.15, 0.2) is 35.2 Å². The molecule has 0 bridgehead atoms. The third-order valence-electron chi connectivity index (χ3n) is 4.92. The normalized spacial score (nSPS) is 17.0. The molecule has 26 heavy (non-hydrogen) atoms. The number of fused-ring (bicyclic) bond motifs is 1. The average molecular weight is 394 g/mol. The second-order valence-electron chi connectivity index (χ2n) is 6.65. The van der Waals surface area contributed by atoms with Crippen LogP contribution in [0.3, 0.4) is 0 Å². The van der Waals surface area contributed by atoms with Gasteiger partial charge in [-0.2, -0.15) is 0 Å². The van der Waals surface area contributed by atoms with Gasteiger partial charge in [0.25, 0.3) is 0 Å². The van der Waals surface area contributed by atoms with Crippen LogP contribution in [0, 0.1) is 13.8 Å². The van der Waals surface area contributed by atoms with Crippen LogP contribution in [-0.2, 0) is 22.9 Å². The fourth-order valence-electron chi connectivity index (χ4n) is 3.49. The summed E-state index contributed by atoms with van der Waals surface area (Å²) in [4.78, 5) is 11.8. The van der Waals surface area contributed by atoms with Crippen LogP contribution >= 0.6 is 11.6 Å². The van der Waals surface area contributed by atoms with E-state index in [9.17, 15) is 18.3 Å². The summed E-state index contributed by atoms with van der Waals surface area (Å²) >= 11 is 5.81. The maximum absolute atomic E-state index is 12.6. The van der Waals surface area contributed by atoms with E-state index in [0.717, 1.165) is 22.3 Å². The van der Waals surface area contributed by atoms with Gasteiger partial charge in [-0.3, -0.25) is 0 Å². The number of carboxylic acid groups (broad SMARTS) is 1. The van der Waals surface area contributed by atoms with Gasteiger partial charge in [0.1, 0.15) is 0 Å². The van der Waals surface area contributed by atoms with Crippen molar-refractivity contribution < 1.29 is 18.3 Å². The van der Waals surface area contributed by atoms with Gasteiger partial charge in [0.05, 0.1) is 10.5 Å². The summed E-state index contributed by atoms with van der Waals surface area (Å²) in [5.41, 5.74) is 3.76. The summed E-state index contributed by atoms with van der Waals surface area (Å²) in [5, 5.41) is 10.0. The lowest BCUT2D eigenvalue weighted by atomic mass is 9.82. The van der Waals surface area contributed by atoms with Crippen molar-refractivity contribution in [2.24, 2.45) is 0 Å². The van der Waals surface area contributed by atoms with Crippen molar-refractivity contribution in [3.8, 4) is 0 Å². The fraction of sp³-hybridized carbons (Fsp3) is 0.316. The summed E-state index contributed by atoms with van der Waals surface area (Å²) < 4.78 is 27.9. The number of rotatable bonds is 4. The Labute approximate surface area is 158 Å². The molecule has 0 saturated carbocycles. The number of carbonyl (C=O) groups is 1. The van der Waals surface area contributed by atoms with Gasteiger partial charge in [-0.25, -0.2) is 17.9 Å². The molecule has 0 heterocycles. The molecule has 0 saturated heterocycles. The molecule has 0 radical (unpaired) electrons. The van der Waals surface area contributed by atoms with Gasteiger partial charge in [0.15, 0.2) is 0 Å². The lowest BCUT2D eigenvalue weighted by molar-refractivity contribution is 0.0694. The molecule has 0 aliphatic heterocycles. The Balaban J connectivity index is 1.87. The maximum atomic E-state index is 12.6. The standard InChI is InChI=1S/C19H20ClNO4S/c1-11-9-13-10-15(5-8-17(13)18(12(11)2)19(22)23)21-26(24,25)16-6-3-14(20)4-7-16/h3-4,6-7,9,15,21H,5,8,10H2,1-2H3,(H,22,23). The molecule has 2 aromatic carbocycles. The maximum Gasteiger partial charge on any atom is 0.336 e. The first kappa shape index (κ1) is 18.9. The van der Waals surface area contributed by atoms with Gasteiger partial charge < -0.3 is 5.11 Å². The molecule has 7 heteroatoms. The fourth-order valence-corrected chi connectivity index (χ4v) is 4.88. The Morgan fingerprint density at radius 1 is 1.23 bits per heavy atom. The molecule has 2 N–H and O–H groups in total. The van der Waals surface area contributed by atoms with Gasteiger partial charge >= 0.3 is 5.97 Å². The zero-order valence-electron chi connectivity index (χ0n) is 14.5. The summed E-state index contributed by atoms with van der Waals surface area (Å²) in [6.07, 6.45) is 1.57. The SMILES string of the molecule is Cc1cc2c(c(C(=O)O)c1C)CCC(NS(=O)(=O)c1ccc(Cl)cc1)C2. The predicted octanol–water partition coefficient (Wildman–Crippen LogP) is 3.49. The molecule has 0 spiro atoms. The molecular formula is C19H20ClNO4S. The van der Waals surface area contributed by atoms with Crippen LogP contribution in [0.4, 0.5) is 0 Å². The van der Waals surface area contributed by atoms with E-state index < -0.39 is 16.0 Å². The van der Waals surface area contributed by atoms with Crippen molar-refractivity contribution in [3.63, 3.8) is 0 Å². The third kappa shape index (κ3) is 3.63. The Morgan fingerprint density at radius 3 is 2.50 bits per heavy atom. The molecule has 3 rings (SSSR count). The van der Waals surface area contributed by atoms with E-state index >= 15 is 0 Å². The molecule has 1 aliphatic carbocycles. The summed E-state index contributed by atoms with van der Waals surface area (Å²) in [6, 6.07) is 7.72. The molecule has 138 valence electrons. The van der Waals surface area contributed by atoms with Gasteiger partial charge in [-0.1, -0.05) is 17.7 Å². The number of aromatic carboxylic acids is 1. The first-order valence-electron chi connectivity index (χ1n) is 8.32. The summed E-state index contributed by atoms with van der Waals surface area (Å²) in [5.74, 6) is -0.928. The third-order valence-corrected chi connectivity index (χ3v) is 6.70. The number of nitrogens with one attached hydrogen (secondary N) is 1. The highest BCUT2D eigenvalue weighted by Crippen LogP contribution is 2.30. The molecule has 2 aromatic rings. The molecule has 5 nitrogen and oxygen atoms in total. The van der Waals surface area contributed by atoms with Crippen molar-refractivity contribution in [2.75, 3.05) is 0 Å². The van der Waals surface area contributed by atoms with Gasteiger partial charge in [0.2, 0.25) is 10.0 Å². The van der Waals surface area contributed by atoms with E-state index in [2.05, 4.69) is 4.72 Å². The van der Waals surface area contributed by atoms with Crippen molar-refractivity contribution in [2.45, 2.75) is 44.0 Å². The van der Waals surface area contributed by atoms with Gasteiger partial charge in [0, 0.05) is 11.1 Å². The van der Waals surface area contributed by atoms with Crippen LogP contribution in [0.2, 0.25) is 5.02 Å². The molecule has 0 fully saturated rings. The molecule has 1 unspecified atom stereocenters. The molecular weight excluding hydrogens is 374 g/mol. The van der Waals surface area contributed by atoms with Crippen molar-refractivity contribution in [1.29, 1.82) is 0 Å². The molecule has 1 aliphatic rings. The van der Waals surface area contributed by atoms with E-state index in [0.29, 0.717) is 29.8 Å². The number of hydrogen-bond donors (Lipinski definition) is 2. The van der Waals surface area contributed by atoms with E-state index in [1.54, 1.807) is 0 Å². The number of halogens is 1. The largest absolute Gasteiger partial charge is 0.478 e. The van der Waals surface area contributed by atoms with Crippen LogP contribution in [0.5, 0.6) is 0 Å². The zero-order chi connectivity index (χ0) is 19.1. The van der Waals surface area contributed by atoms with Gasteiger partial charge in [-0.05, 0) is 79.6 Å². The van der Waals surface area contributed by atoms with E-state index in [1.165, 1.54) is 24.3 Å². The predicted molar refractivity (Wildman–Crippen MR) is 100 cm³/mol. The van der Waals surface area contributed by atoms with Crippen molar-refractivity contribution >= 4 is 27.6 Å². The van der Waals surface area contributed by atoms with Gasteiger partial charge in [-0.15, -0.1) is 0 Å². The Bertz CT molecular complexity index is 968. The molecule has 0 aromatic heterocycles. The minimum atomic E-state index is -3.65. The van der Waals surface area contributed by atoms with Crippen LogP contribution in [0.25, 0.3) is 0 Å². The van der Waals surface area contributed by atoms with E-state index in [4.69, 9.17) is 11.6 Å². The van der Waals surface area contributed by atoms with Crippen LogP contribution in [0.1, 0.15) is 39.0 Å². The number of benzene rings is 2. The van der Waals surface area contributed by atoms with Crippen LogP contribution < -0.4 is 4.72 Å². The number of sulfonamides is 1. The Morgan fingerprint density at radius 2 is 1.88 bits per heavy atom. The number of hydrogen-bond acceptors (Lipinski definition) is 3. The minimum absolute atomic E-state index is 0.166. The quantitative estimate of drug-likeness (QED) is 0.832. The summed E-state index contributed by atoms with van der Waals surface area (Å²) in [7, 11) is -3.65.